The zero-order valence-electron chi connectivity index (χ0n) is 46.4. The standard InChI is InChI=1S/C9H11ClN2O2.C9H11FN2O2.3C9H12N2O2.C8H11N3O2/c1-5(11)7-3-6(9(13)14-2)4-8(10)12-7;1-5(11)8-7(10)3-6(4-12-8)9(13)14-2;1-6(10)7-3-8(5-11-4-7)9(12)13-2;1-6(10)8-5-7(3-4-11-8)9(12)13-2;1-6(10)8-4-3-7(5-11-8)9(12)13-2;1-5(9)7-10-3-6(4-11-7)8(12)13-2/h2*3-5H,11H2,1-2H3;3*3-6H,10H2,1-2H3;3-5H,9H2,1-2H3/t2*5-;3*6-;5-/m111111/s1. The van der Waals surface area contributed by atoms with Crippen LogP contribution in [0.5, 0.6) is 0 Å². The normalized spacial score (nSPS) is 12.2. The van der Waals surface area contributed by atoms with Gasteiger partial charge in [0.25, 0.3) is 0 Å². The van der Waals surface area contributed by atoms with Crippen molar-refractivity contribution >= 4 is 47.4 Å². The molecule has 6 atom stereocenters. The Morgan fingerprint density at radius 3 is 1.32 bits per heavy atom. The maximum atomic E-state index is 13.2. The molecule has 432 valence electrons. The number of hydrogen-bond donors (Lipinski definition) is 6. The number of pyridine rings is 5. The predicted octanol–water partition coefficient (Wildman–Crippen LogP) is 5.51. The lowest BCUT2D eigenvalue weighted by Crippen LogP contribution is -2.12. The number of halogens is 2. The highest BCUT2D eigenvalue weighted by Crippen LogP contribution is 2.17. The minimum Gasteiger partial charge on any atom is -0.465 e. The van der Waals surface area contributed by atoms with E-state index in [2.05, 4.69) is 63.3 Å². The molecule has 0 unspecified atom stereocenters. The molecule has 0 aromatic carbocycles. The Morgan fingerprint density at radius 2 is 0.875 bits per heavy atom. The number of nitrogens with zero attached hydrogens (tertiary/aromatic N) is 7. The van der Waals surface area contributed by atoms with Gasteiger partial charge >= 0.3 is 35.8 Å². The van der Waals surface area contributed by atoms with E-state index in [-0.39, 0.29) is 58.6 Å². The molecule has 25 nitrogen and oxygen atoms in total. The van der Waals surface area contributed by atoms with Gasteiger partial charge in [0.15, 0.2) is 0 Å². The van der Waals surface area contributed by atoms with Gasteiger partial charge in [0, 0.05) is 73.6 Å². The average molecular weight is 1130 g/mol. The summed E-state index contributed by atoms with van der Waals surface area (Å²) in [6, 6.07) is 10.9. The highest BCUT2D eigenvalue weighted by molar-refractivity contribution is 6.29. The van der Waals surface area contributed by atoms with E-state index >= 15 is 0 Å². The van der Waals surface area contributed by atoms with Gasteiger partial charge in [-0.3, -0.25) is 19.9 Å². The van der Waals surface area contributed by atoms with Crippen molar-refractivity contribution in [2.45, 2.75) is 77.8 Å². The van der Waals surface area contributed by atoms with E-state index in [1.807, 2.05) is 20.8 Å². The number of rotatable bonds is 12. The largest absolute Gasteiger partial charge is 0.465 e. The van der Waals surface area contributed by atoms with Crippen LogP contribution in [0.25, 0.3) is 0 Å². The third kappa shape index (κ3) is 24.1. The van der Waals surface area contributed by atoms with Gasteiger partial charge in [-0.05, 0) is 95.6 Å². The van der Waals surface area contributed by atoms with E-state index in [4.69, 9.17) is 46.0 Å². The van der Waals surface area contributed by atoms with E-state index in [0.717, 1.165) is 17.3 Å². The van der Waals surface area contributed by atoms with Crippen LogP contribution in [-0.2, 0) is 28.4 Å². The summed E-state index contributed by atoms with van der Waals surface area (Å²) in [6.07, 6.45) is 10.1. The highest BCUT2D eigenvalue weighted by Gasteiger charge is 2.15. The third-order valence-electron chi connectivity index (χ3n) is 9.97. The molecule has 80 heavy (non-hydrogen) atoms. The SMILES string of the molecule is COC(=O)c1cc(Cl)nc([C@@H](C)N)c1.COC(=O)c1ccc([C@@H](C)N)nc1.COC(=O)c1ccnc([C@@H](C)N)c1.COC(=O)c1cnc([C@@H](C)N)c(F)c1.COC(=O)c1cnc([C@@H](C)N)nc1.COC(=O)c1cncc([C@@H](C)N)c1. The Labute approximate surface area is 467 Å². The van der Waals surface area contributed by atoms with Crippen molar-refractivity contribution in [2.75, 3.05) is 42.7 Å². The van der Waals surface area contributed by atoms with Gasteiger partial charge in [-0.15, -0.1) is 0 Å². The van der Waals surface area contributed by atoms with Crippen LogP contribution in [0.3, 0.4) is 0 Å². The van der Waals surface area contributed by atoms with Crippen LogP contribution in [0, 0.1) is 5.82 Å². The van der Waals surface area contributed by atoms with Crippen LogP contribution in [-0.4, -0.2) is 113 Å². The molecule has 0 aliphatic rings. The summed E-state index contributed by atoms with van der Waals surface area (Å²) in [4.78, 5) is 93.8. The number of methoxy groups -OCH3 is 6. The first kappa shape index (κ1) is 69.6. The van der Waals surface area contributed by atoms with Crippen LogP contribution < -0.4 is 34.4 Å². The zero-order valence-corrected chi connectivity index (χ0v) is 47.1. The Kier molecular flexibility index (Phi) is 31.3. The van der Waals surface area contributed by atoms with Gasteiger partial charge in [-0.1, -0.05) is 11.6 Å². The molecule has 6 rings (SSSR count). The molecule has 0 radical (unpaired) electrons. The molecule has 0 amide bonds. The van der Waals surface area contributed by atoms with E-state index in [1.165, 1.54) is 79.7 Å². The molecule has 0 saturated carbocycles. The summed E-state index contributed by atoms with van der Waals surface area (Å²) in [6.45, 7) is 10.6. The third-order valence-corrected chi connectivity index (χ3v) is 10.2. The molecule has 0 fully saturated rings. The monoisotopic (exact) mass is 1130 g/mol. The summed E-state index contributed by atoms with van der Waals surface area (Å²) in [5.74, 6) is -2.75. The maximum absolute atomic E-state index is 13.2. The van der Waals surface area contributed by atoms with Crippen molar-refractivity contribution < 1.29 is 61.6 Å². The molecule has 0 aliphatic carbocycles. The quantitative estimate of drug-likeness (QED) is 0.0499. The Balaban J connectivity index is 0.000000480. The van der Waals surface area contributed by atoms with Crippen LogP contribution in [0.4, 0.5) is 4.39 Å². The Bertz CT molecular complexity index is 2810. The number of esters is 6. The van der Waals surface area contributed by atoms with Crippen molar-refractivity contribution in [2.24, 2.45) is 34.4 Å². The fourth-order valence-corrected chi connectivity index (χ4v) is 5.80. The first-order valence-electron chi connectivity index (χ1n) is 23.7. The molecule has 6 aromatic rings. The molecule has 12 N–H and O–H groups in total. The smallest absolute Gasteiger partial charge is 0.341 e. The Morgan fingerprint density at radius 1 is 0.425 bits per heavy atom. The van der Waals surface area contributed by atoms with Gasteiger partial charge in [-0.2, -0.15) is 0 Å². The highest BCUT2D eigenvalue weighted by atomic mass is 35.5. The second-order valence-electron chi connectivity index (χ2n) is 16.7. The minimum absolute atomic E-state index is 0.0781. The summed E-state index contributed by atoms with van der Waals surface area (Å²) >= 11 is 5.72. The molecule has 6 heterocycles. The lowest BCUT2D eigenvalue weighted by molar-refractivity contribution is 0.0590. The van der Waals surface area contributed by atoms with Gasteiger partial charge in [-0.25, -0.2) is 48.1 Å². The number of ether oxygens (including phenoxy) is 6. The lowest BCUT2D eigenvalue weighted by Gasteiger charge is -2.07. The topological polar surface area (TPSA) is 404 Å². The predicted molar refractivity (Wildman–Crippen MR) is 292 cm³/mol. The first-order chi connectivity index (χ1) is 37.7. The number of nitrogens with two attached hydrogens (primary N) is 6. The van der Waals surface area contributed by atoms with Crippen molar-refractivity contribution in [3.8, 4) is 0 Å². The second kappa shape index (κ2) is 35.9. The molecule has 0 aliphatic heterocycles. The molecule has 27 heteroatoms. The molecular formula is C53H69ClFN13O12. The van der Waals surface area contributed by atoms with Crippen molar-refractivity contribution in [3.05, 3.63) is 170 Å². The Hall–Kier alpha value is -8.37. The number of hydrogen-bond acceptors (Lipinski definition) is 25. The van der Waals surface area contributed by atoms with Crippen molar-refractivity contribution in [1.82, 2.24) is 34.9 Å². The average Bonchev–Trinajstić information content (AvgIpc) is 3.46. The first-order valence-corrected chi connectivity index (χ1v) is 24.1. The van der Waals surface area contributed by atoms with Gasteiger partial charge in [0.2, 0.25) is 0 Å². The molecule has 0 spiro atoms. The maximum Gasteiger partial charge on any atom is 0.341 e. The van der Waals surface area contributed by atoms with Crippen LogP contribution >= 0.6 is 11.6 Å². The number of carbonyl (C=O) groups is 6. The van der Waals surface area contributed by atoms with Crippen molar-refractivity contribution in [1.29, 1.82) is 0 Å². The lowest BCUT2D eigenvalue weighted by atomic mass is 10.1. The van der Waals surface area contributed by atoms with E-state index in [0.29, 0.717) is 45.0 Å². The van der Waals surface area contributed by atoms with Gasteiger partial charge in [0.05, 0.1) is 105 Å². The van der Waals surface area contributed by atoms with E-state index in [1.54, 1.807) is 69.6 Å². The second-order valence-corrected chi connectivity index (χ2v) is 17.0. The fourth-order valence-electron chi connectivity index (χ4n) is 5.59. The van der Waals surface area contributed by atoms with Crippen LogP contribution in [0.2, 0.25) is 5.15 Å². The van der Waals surface area contributed by atoms with Crippen LogP contribution in [0.1, 0.15) is 174 Å². The summed E-state index contributed by atoms with van der Waals surface area (Å²) < 4.78 is 40.3. The number of aromatic nitrogens is 7. The number of carbonyl (C=O) groups excluding carboxylic acids is 6. The summed E-state index contributed by atoms with van der Waals surface area (Å²) in [7, 11) is 7.85. The molecule has 0 bridgehead atoms. The molecule has 0 saturated heterocycles. The van der Waals surface area contributed by atoms with E-state index < -0.39 is 35.7 Å². The van der Waals surface area contributed by atoms with Crippen molar-refractivity contribution in [3.63, 3.8) is 0 Å². The summed E-state index contributed by atoms with van der Waals surface area (Å²) in [5, 5.41) is 0.236. The summed E-state index contributed by atoms with van der Waals surface area (Å²) in [5.41, 5.74) is 38.5. The minimum atomic E-state index is -0.618. The van der Waals surface area contributed by atoms with E-state index in [9.17, 15) is 33.2 Å². The van der Waals surface area contributed by atoms with Crippen LogP contribution in [0.15, 0.2) is 91.9 Å². The fraction of sp³-hybridized carbons (Fsp3) is 0.340. The molecular weight excluding hydrogens is 1070 g/mol. The van der Waals surface area contributed by atoms with Gasteiger partial charge < -0.3 is 62.8 Å². The zero-order chi connectivity index (χ0) is 60.8. The molecule has 6 aromatic heterocycles. The van der Waals surface area contributed by atoms with Gasteiger partial charge in [0.1, 0.15) is 16.8 Å².